The molecule has 10 nitrogen and oxygen atoms in total. The van der Waals surface area contributed by atoms with Crippen LogP contribution in [0.5, 0.6) is 11.5 Å². The van der Waals surface area contributed by atoms with E-state index in [1.54, 1.807) is 47.6 Å². The zero-order valence-corrected chi connectivity index (χ0v) is 20.5. The summed E-state index contributed by atoms with van der Waals surface area (Å²) in [7, 11) is 0. The lowest BCUT2D eigenvalue weighted by molar-refractivity contribution is -0.384. The lowest BCUT2D eigenvalue weighted by atomic mass is 10.1. The molecule has 0 radical (unpaired) electrons. The normalized spacial score (nSPS) is 12.2. The number of fused-ring (bicyclic) bond motifs is 1. The van der Waals surface area contributed by atoms with Gasteiger partial charge in [0, 0.05) is 30.8 Å². The van der Waals surface area contributed by atoms with E-state index in [0.29, 0.717) is 22.8 Å². The Bertz CT molecular complexity index is 1280. The molecule has 2 heterocycles. The maximum absolute atomic E-state index is 13.4. The summed E-state index contributed by atoms with van der Waals surface area (Å²) in [6, 6.07) is 14.7. The lowest BCUT2D eigenvalue weighted by Crippen LogP contribution is -2.45. The molecule has 0 saturated heterocycles. The molecule has 4 rings (SSSR count). The molecule has 10 heteroatoms. The highest BCUT2D eigenvalue weighted by Gasteiger charge is 2.24. The van der Waals surface area contributed by atoms with Gasteiger partial charge >= 0.3 is 0 Å². The third-order valence-electron chi connectivity index (χ3n) is 5.82. The van der Waals surface area contributed by atoms with Crippen molar-refractivity contribution in [3.05, 3.63) is 93.9 Å². The first-order valence-corrected chi connectivity index (χ1v) is 11.7. The highest BCUT2D eigenvalue weighted by molar-refractivity contribution is 5.94. The highest BCUT2D eigenvalue weighted by Crippen LogP contribution is 2.33. The molecule has 1 aromatic heterocycles. The third kappa shape index (κ3) is 6.54. The molecule has 2 aromatic carbocycles. The van der Waals surface area contributed by atoms with Gasteiger partial charge in [0.15, 0.2) is 11.5 Å². The summed E-state index contributed by atoms with van der Waals surface area (Å²) in [6.07, 6.45) is 4.48. The average Bonchev–Trinajstić information content (AvgIpc) is 3.57. The Morgan fingerprint density at radius 3 is 2.49 bits per heavy atom. The largest absolute Gasteiger partial charge is 0.467 e. The van der Waals surface area contributed by atoms with Crippen LogP contribution in [0.15, 0.2) is 71.4 Å². The first-order valence-electron chi connectivity index (χ1n) is 11.7. The van der Waals surface area contributed by atoms with E-state index >= 15 is 0 Å². The number of nitrogens with zero attached hydrogens (tertiary/aromatic N) is 3. The summed E-state index contributed by atoms with van der Waals surface area (Å²) in [5.74, 6) is 1.31. The van der Waals surface area contributed by atoms with Crippen LogP contribution in [0.1, 0.15) is 30.7 Å². The first-order chi connectivity index (χ1) is 17.8. The standard InChI is InChI=1S/C27H27N3O7/c1-19(2)29(26(31)12-8-20-5-9-22(10-6-20)30(33)34)17-27(32)28(16-23-4-3-13-35-23)15-21-7-11-24-25(14-21)37-18-36-24/h3-14,19H,15-18H2,1-2H3/b12-8+. The van der Waals surface area contributed by atoms with Crippen molar-refractivity contribution >= 4 is 23.6 Å². The maximum Gasteiger partial charge on any atom is 0.269 e. The van der Waals surface area contributed by atoms with Gasteiger partial charge in [0.05, 0.1) is 17.7 Å². The first kappa shape index (κ1) is 25.5. The molecule has 37 heavy (non-hydrogen) atoms. The number of carbonyl (C=O) groups is 2. The Labute approximate surface area is 213 Å². The van der Waals surface area contributed by atoms with Gasteiger partial charge in [-0.15, -0.1) is 0 Å². The van der Waals surface area contributed by atoms with Gasteiger partial charge in [-0.25, -0.2) is 0 Å². The van der Waals surface area contributed by atoms with Crippen LogP contribution in [0, 0.1) is 10.1 Å². The minimum atomic E-state index is -0.483. The second kappa shape index (κ2) is 11.4. The fourth-order valence-corrected chi connectivity index (χ4v) is 3.81. The molecule has 2 amide bonds. The molecule has 0 fully saturated rings. The number of amides is 2. The van der Waals surface area contributed by atoms with E-state index < -0.39 is 4.92 Å². The van der Waals surface area contributed by atoms with E-state index in [-0.39, 0.29) is 50.0 Å². The third-order valence-corrected chi connectivity index (χ3v) is 5.82. The summed E-state index contributed by atoms with van der Waals surface area (Å²) in [4.78, 5) is 39.9. The summed E-state index contributed by atoms with van der Waals surface area (Å²) >= 11 is 0. The predicted octanol–water partition coefficient (Wildman–Crippen LogP) is 4.40. The molecule has 192 valence electrons. The fourth-order valence-electron chi connectivity index (χ4n) is 3.81. The van der Waals surface area contributed by atoms with Crippen molar-refractivity contribution in [3.8, 4) is 11.5 Å². The van der Waals surface area contributed by atoms with E-state index in [9.17, 15) is 19.7 Å². The molecule has 0 aliphatic carbocycles. The minimum absolute atomic E-state index is 0.0306. The quantitative estimate of drug-likeness (QED) is 0.228. The Kier molecular flexibility index (Phi) is 7.87. The van der Waals surface area contributed by atoms with Gasteiger partial charge in [0.1, 0.15) is 12.3 Å². The number of non-ortho nitro benzene ring substituents is 1. The Morgan fingerprint density at radius 1 is 1.05 bits per heavy atom. The molecule has 1 aliphatic heterocycles. The van der Waals surface area contributed by atoms with Gasteiger partial charge in [0.25, 0.3) is 5.69 Å². The smallest absolute Gasteiger partial charge is 0.269 e. The van der Waals surface area contributed by atoms with Gasteiger partial charge in [-0.05, 0) is 67.4 Å². The zero-order valence-electron chi connectivity index (χ0n) is 20.5. The second-order valence-electron chi connectivity index (χ2n) is 8.76. The van der Waals surface area contributed by atoms with Gasteiger partial charge in [0.2, 0.25) is 18.6 Å². The van der Waals surface area contributed by atoms with Crippen LogP contribution in [-0.4, -0.2) is 45.9 Å². The van der Waals surface area contributed by atoms with Crippen molar-refractivity contribution in [1.82, 2.24) is 9.80 Å². The topological polar surface area (TPSA) is 115 Å². The van der Waals surface area contributed by atoms with Crippen molar-refractivity contribution in [3.63, 3.8) is 0 Å². The van der Waals surface area contributed by atoms with Crippen molar-refractivity contribution in [2.45, 2.75) is 33.0 Å². The Morgan fingerprint density at radius 2 is 1.81 bits per heavy atom. The zero-order chi connectivity index (χ0) is 26.4. The van der Waals surface area contributed by atoms with Gasteiger partial charge < -0.3 is 23.7 Å². The van der Waals surface area contributed by atoms with Crippen molar-refractivity contribution in [1.29, 1.82) is 0 Å². The number of nitro benzene ring substituents is 1. The molecular weight excluding hydrogens is 478 g/mol. The van der Waals surface area contributed by atoms with E-state index in [4.69, 9.17) is 13.9 Å². The maximum atomic E-state index is 13.4. The van der Waals surface area contributed by atoms with Crippen LogP contribution in [0.25, 0.3) is 6.08 Å². The average molecular weight is 506 g/mol. The number of ether oxygens (including phenoxy) is 2. The second-order valence-corrected chi connectivity index (χ2v) is 8.76. The van der Waals surface area contributed by atoms with Crippen LogP contribution in [0.4, 0.5) is 5.69 Å². The summed E-state index contributed by atoms with van der Waals surface area (Å²) in [5, 5.41) is 10.8. The predicted molar refractivity (Wildman–Crippen MR) is 135 cm³/mol. The van der Waals surface area contributed by atoms with E-state index in [1.807, 2.05) is 26.0 Å². The number of hydrogen-bond donors (Lipinski definition) is 0. The van der Waals surface area contributed by atoms with E-state index in [0.717, 1.165) is 5.56 Å². The van der Waals surface area contributed by atoms with Gasteiger partial charge in [-0.3, -0.25) is 19.7 Å². The number of rotatable bonds is 10. The number of nitro groups is 1. The number of carbonyl (C=O) groups excluding carboxylic acids is 2. The minimum Gasteiger partial charge on any atom is -0.467 e. The van der Waals surface area contributed by atoms with Crippen molar-refractivity contribution in [2.75, 3.05) is 13.3 Å². The highest BCUT2D eigenvalue weighted by atomic mass is 16.7. The molecule has 0 saturated carbocycles. The van der Waals surface area contributed by atoms with E-state index in [1.165, 1.54) is 23.1 Å². The Hall–Kier alpha value is -4.60. The van der Waals surface area contributed by atoms with Gasteiger partial charge in [-0.1, -0.05) is 6.07 Å². The SMILES string of the molecule is CC(C)N(CC(=O)N(Cc1ccc2c(c1)OCO2)Cc1ccco1)C(=O)/C=C/c1ccc([N+](=O)[O-])cc1. The molecule has 0 atom stereocenters. The van der Waals surface area contributed by atoms with Crippen LogP contribution in [0.2, 0.25) is 0 Å². The van der Waals surface area contributed by atoms with Crippen LogP contribution < -0.4 is 9.47 Å². The molecule has 0 unspecified atom stereocenters. The van der Waals surface area contributed by atoms with Gasteiger partial charge in [-0.2, -0.15) is 0 Å². The van der Waals surface area contributed by atoms with Crippen LogP contribution >= 0.6 is 0 Å². The van der Waals surface area contributed by atoms with Crippen molar-refractivity contribution in [2.24, 2.45) is 0 Å². The molecule has 0 spiro atoms. The Balaban J connectivity index is 1.48. The summed E-state index contributed by atoms with van der Waals surface area (Å²) in [5.41, 5.74) is 1.46. The summed E-state index contributed by atoms with van der Waals surface area (Å²) < 4.78 is 16.3. The van der Waals surface area contributed by atoms with Crippen LogP contribution in [0.3, 0.4) is 0 Å². The molecule has 0 bridgehead atoms. The monoisotopic (exact) mass is 505 g/mol. The van der Waals surface area contributed by atoms with E-state index in [2.05, 4.69) is 0 Å². The summed E-state index contributed by atoms with van der Waals surface area (Å²) in [6.45, 7) is 4.21. The number of furan rings is 1. The van der Waals surface area contributed by atoms with Crippen molar-refractivity contribution < 1.29 is 28.4 Å². The van der Waals surface area contributed by atoms with Crippen LogP contribution in [-0.2, 0) is 22.7 Å². The number of hydrogen-bond acceptors (Lipinski definition) is 7. The number of benzene rings is 2. The molecule has 1 aliphatic rings. The fraction of sp³-hybridized carbons (Fsp3) is 0.259. The molecule has 3 aromatic rings. The molecule has 0 N–H and O–H groups in total. The molecular formula is C27H27N3O7. The lowest BCUT2D eigenvalue weighted by Gasteiger charge is -2.29.